The molecule has 1 aliphatic carbocycles. The average Bonchev–Trinajstić information content (AvgIpc) is 2.74. The van der Waals surface area contributed by atoms with E-state index in [9.17, 15) is 9.50 Å². The van der Waals surface area contributed by atoms with E-state index in [0.29, 0.717) is 12.3 Å². The van der Waals surface area contributed by atoms with E-state index in [1.807, 2.05) is 0 Å². The van der Waals surface area contributed by atoms with Crippen LogP contribution in [0, 0.1) is 5.82 Å². The molecule has 0 aromatic heterocycles. The Bertz CT molecular complexity index is 456. The van der Waals surface area contributed by atoms with Gasteiger partial charge in [0.15, 0.2) is 0 Å². The predicted octanol–water partition coefficient (Wildman–Crippen LogP) is 3.01. The molecule has 2 unspecified atom stereocenters. The van der Waals surface area contributed by atoms with E-state index < -0.39 is 6.10 Å². The van der Waals surface area contributed by atoms with Gasteiger partial charge in [0.2, 0.25) is 0 Å². The highest BCUT2D eigenvalue weighted by Gasteiger charge is 2.27. The molecule has 0 amide bonds. The lowest BCUT2D eigenvalue weighted by Gasteiger charge is -2.23. The first-order valence-corrected chi connectivity index (χ1v) is 7.23. The average molecular weight is 281 g/mol. The van der Waals surface area contributed by atoms with Gasteiger partial charge in [-0.3, -0.25) is 0 Å². The largest absolute Gasteiger partial charge is 0.487 e. The molecular formula is C16H24FNO2. The van der Waals surface area contributed by atoms with Crippen LogP contribution in [-0.4, -0.2) is 22.9 Å². The Morgan fingerprint density at radius 3 is 2.70 bits per heavy atom. The number of ether oxygens (including phenoxy) is 1. The van der Waals surface area contributed by atoms with Gasteiger partial charge in [0.25, 0.3) is 0 Å². The fourth-order valence-electron chi connectivity index (χ4n) is 2.37. The number of rotatable bonds is 4. The van der Waals surface area contributed by atoms with Crippen molar-refractivity contribution in [1.82, 2.24) is 5.32 Å². The van der Waals surface area contributed by atoms with Gasteiger partial charge in [-0.05, 0) is 58.2 Å². The monoisotopic (exact) mass is 281 g/mol. The first kappa shape index (κ1) is 15.3. The number of nitrogens with one attached hydrogen (secondary N) is 1. The van der Waals surface area contributed by atoms with Crippen molar-refractivity contribution in [3.8, 4) is 5.75 Å². The number of aliphatic hydroxyl groups excluding tert-OH is 1. The highest BCUT2D eigenvalue weighted by molar-refractivity contribution is 5.34. The predicted molar refractivity (Wildman–Crippen MR) is 77.3 cm³/mol. The zero-order valence-corrected chi connectivity index (χ0v) is 12.4. The molecule has 1 aliphatic rings. The maximum atomic E-state index is 13.4. The van der Waals surface area contributed by atoms with Crippen LogP contribution >= 0.6 is 0 Å². The van der Waals surface area contributed by atoms with Crippen molar-refractivity contribution in [2.45, 2.75) is 64.3 Å². The number of hydrogen-bond acceptors (Lipinski definition) is 3. The van der Waals surface area contributed by atoms with Crippen LogP contribution in [-0.2, 0) is 6.54 Å². The molecule has 0 aliphatic heterocycles. The lowest BCUT2D eigenvalue weighted by atomic mass is 10.1. The van der Waals surface area contributed by atoms with E-state index in [1.54, 1.807) is 6.07 Å². The summed E-state index contributed by atoms with van der Waals surface area (Å²) in [6, 6.07) is 4.55. The maximum absolute atomic E-state index is 13.4. The van der Waals surface area contributed by atoms with Gasteiger partial charge >= 0.3 is 0 Å². The minimum atomic E-state index is -0.413. The minimum absolute atomic E-state index is 0.0452. The standard InChI is InChI=1S/C16H24FNO2/c1-16(2,3)18-10-11-9-12(17)7-8-14(11)20-15-6-4-5-13(15)19/h7-9,13,15,18-19H,4-6,10H2,1-3H3. The number of hydrogen-bond donors (Lipinski definition) is 2. The Hall–Kier alpha value is -1.13. The van der Waals surface area contributed by atoms with Crippen LogP contribution in [0.5, 0.6) is 5.75 Å². The zero-order chi connectivity index (χ0) is 14.8. The molecule has 4 heteroatoms. The van der Waals surface area contributed by atoms with E-state index >= 15 is 0 Å². The molecule has 0 spiro atoms. The topological polar surface area (TPSA) is 41.5 Å². The summed E-state index contributed by atoms with van der Waals surface area (Å²) in [4.78, 5) is 0. The van der Waals surface area contributed by atoms with Gasteiger partial charge in [0.05, 0.1) is 6.10 Å². The van der Waals surface area contributed by atoms with Crippen molar-refractivity contribution < 1.29 is 14.2 Å². The van der Waals surface area contributed by atoms with Crippen molar-refractivity contribution in [3.63, 3.8) is 0 Å². The van der Waals surface area contributed by atoms with Crippen LogP contribution < -0.4 is 10.1 Å². The van der Waals surface area contributed by atoms with Crippen molar-refractivity contribution >= 4 is 0 Å². The molecule has 0 bridgehead atoms. The van der Waals surface area contributed by atoms with Crippen LogP contribution in [0.4, 0.5) is 4.39 Å². The molecule has 1 aromatic rings. The molecule has 0 saturated heterocycles. The first-order valence-electron chi connectivity index (χ1n) is 7.23. The summed E-state index contributed by atoms with van der Waals surface area (Å²) in [6.45, 7) is 6.73. The van der Waals surface area contributed by atoms with Crippen LogP contribution in [0.3, 0.4) is 0 Å². The highest BCUT2D eigenvalue weighted by atomic mass is 19.1. The van der Waals surface area contributed by atoms with Gasteiger partial charge in [-0.1, -0.05) is 0 Å². The Kier molecular flexibility index (Phi) is 4.66. The minimum Gasteiger partial charge on any atom is -0.487 e. The molecule has 3 nitrogen and oxygen atoms in total. The lowest BCUT2D eigenvalue weighted by Crippen LogP contribution is -2.35. The third-order valence-electron chi connectivity index (χ3n) is 3.53. The number of aliphatic hydroxyl groups is 1. The zero-order valence-electron chi connectivity index (χ0n) is 12.4. The maximum Gasteiger partial charge on any atom is 0.124 e. The molecule has 0 radical (unpaired) electrons. The van der Waals surface area contributed by atoms with Crippen LogP contribution in [0.15, 0.2) is 18.2 Å². The summed E-state index contributed by atoms with van der Waals surface area (Å²) in [6.07, 6.45) is 2.02. The number of benzene rings is 1. The lowest BCUT2D eigenvalue weighted by molar-refractivity contribution is 0.0596. The summed E-state index contributed by atoms with van der Waals surface area (Å²) in [5.74, 6) is 0.393. The second kappa shape index (κ2) is 6.10. The van der Waals surface area contributed by atoms with Crippen LogP contribution in [0.25, 0.3) is 0 Å². The Balaban J connectivity index is 2.10. The summed E-state index contributed by atoms with van der Waals surface area (Å²) < 4.78 is 19.3. The molecule has 20 heavy (non-hydrogen) atoms. The summed E-state index contributed by atoms with van der Waals surface area (Å²) >= 11 is 0. The molecular weight excluding hydrogens is 257 g/mol. The molecule has 2 rings (SSSR count). The van der Waals surface area contributed by atoms with Gasteiger partial charge in [-0.25, -0.2) is 4.39 Å². The fraction of sp³-hybridized carbons (Fsp3) is 0.625. The Labute approximate surface area is 120 Å². The van der Waals surface area contributed by atoms with Crippen molar-refractivity contribution in [2.75, 3.05) is 0 Å². The third kappa shape index (κ3) is 4.18. The van der Waals surface area contributed by atoms with Gasteiger partial charge in [0, 0.05) is 17.6 Å². The van der Waals surface area contributed by atoms with Crippen molar-refractivity contribution in [2.24, 2.45) is 0 Å². The SMILES string of the molecule is CC(C)(C)NCc1cc(F)ccc1OC1CCCC1O. The molecule has 1 aromatic carbocycles. The molecule has 2 N–H and O–H groups in total. The Morgan fingerprint density at radius 1 is 1.35 bits per heavy atom. The number of halogens is 1. The van der Waals surface area contributed by atoms with E-state index in [0.717, 1.165) is 24.8 Å². The van der Waals surface area contributed by atoms with Gasteiger partial charge in [0.1, 0.15) is 17.7 Å². The highest BCUT2D eigenvalue weighted by Crippen LogP contribution is 2.28. The van der Waals surface area contributed by atoms with E-state index in [2.05, 4.69) is 26.1 Å². The molecule has 2 atom stereocenters. The van der Waals surface area contributed by atoms with E-state index in [4.69, 9.17) is 4.74 Å². The summed E-state index contributed by atoms with van der Waals surface area (Å²) in [7, 11) is 0. The van der Waals surface area contributed by atoms with Gasteiger partial charge < -0.3 is 15.2 Å². The van der Waals surface area contributed by atoms with E-state index in [1.165, 1.54) is 12.1 Å². The van der Waals surface area contributed by atoms with Gasteiger partial charge in [-0.2, -0.15) is 0 Å². The summed E-state index contributed by atoms with van der Waals surface area (Å²) in [5.41, 5.74) is 0.746. The smallest absolute Gasteiger partial charge is 0.124 e. The quantitative estimate of drug-likeness (QED) is 0.891. The van der Waals surface area contributed by atoms with Crippen LogP contribution in [0.2, 0.25) is 0 Å². The molecule has 1 saturated carbocycles. The fourth-order valence-corrected chi connectivity index (χ4v) is 2.37. The third-order valence-corrected chi connectivity index (χ3v) is 3.53. The molecule has 0 heterocycles. The summed E-state index contributed by atoms with van der Waals surface area (Å²) in [5, 5.41) is 13.2. The molecule has 112 valence electrons. The van der Waals surface area contributed by atoms with Gasteiger partial charge in [-0.15, -0.1) is 0 Å². The van der Waals surface area contributed by atoms with Crippen molar-refractivity contribution in [3.05, 3.63) is 29.6 Å². The van der Waals surface area contributed by atoms with Crippen molar-refractivity contribution in [1.29, 1.82) is 0 Å². The molecule has 1 fully saturated rings. The second-order valence-corrected chi connectivity index (χ2v) is 6.51. The second-order valence-electron chi connectivity index (χ2n) is 6.51. The normalized spacial score (nSPS) is 23.1. The van der Waals surface area contributed by atoms with E-state index in [-0.39, 0.29) is 17.5 Å². The van der Waals surface area contributed by atoms with Crippen LogP contribution in [0.1, 0.15) is 45.6 Å². The first-order chi connectivity index (χ1) is 9.35. The Morgan fingerprint density at radius 2 is 2.10 bits per heavy atom.